The van der Waals surface area contributed by atoms with Gasteiger partial charge in [0.15, 0.2) is 0 Å². The van der Waals surface area contributed by atoms with Crippen LogP contribution in [0.2, 0.25) is 6.55 Å². The highest BCUT2D eigenvalue weighted by atomic mass is 28.2. The lowest BCUT2D eigenvalue weighted by Crippen LogP contribution is -2.19. The average Bonchev–Trinajstić information content (AvgIpc) is 2.59. The first-order chi connectivity index (χ1) is 8.14. The lowest BCUT2D eigenvalue weighted by Gasteiger charge is -2.21. The van der Waals surface area contributed by atoms with Gasteiger partial charge < -0.3 is 0 Å². The van der Waals surface area contributed by atoms with E-state index in [0.29, 0.717) is 0 Å². The topological polar surface area (TPSA) is 0 Å². The van der Waals surface area contributed by atoms with E-state index < -0.39 is 0 Å². The standard InChI is InChI=1S/C16H18Si/c1-16(2)14-7-5-4-6-12(14)13-9-8-11(17-3)10-15(13)16/h4-10H,17H2,1-3H3. The maximum atomic E-state index is 2.45. The Balaban J connectivity index is 2.32. The second kappa shape index (κ2) is 3.57. The van der Waals surface area contributed by atoms with Crippen molar-refractivity contribution >= 4 is 14.7 Å². The molecule has 0 unspecified atom stereocenters. The number of fused-ring (bicyclic) bond motifs is 3. The van der Waals surface area contributed by atoms with Crippen LogP contribution in [0.25, 0.3) is 11.1 Å². The quantitative estimate of drug-likeness (QED) is 0.670. The van der Waals surface area contributed by atoms with Crippen molar-refractivity contribution < 1.29 is 0 Å². The fourth-order valence-corrected chi connectivity index (χ4v) is 3.73. The van der Waals surface area contributed by atoms with Crippen LogP contribution >= 0.6 is 0 Å². The molecule has 0 saturated heterocycles. The molecule has 17 heavy (non-hydrogen) atoms. The first-order valence-corrected chi connectivity index (χ1v) is 8.50. The molecule has 3 rings (SSSR count). The molecule has 0 nitrogen and oxygen atoms in total. The third-order valence-corrected chi connectivity index (χ3v) is 5.31. The predicted octanol–water partition coefficient (Wildman–Crippen LogP) is 2.84. The van der Waals surface area contributed by atoms with E-state index in [4.69, 9.17) is 0 Å². The summed E-state index contributed by atoms with van der Waals surface area (Å²) in [5, 5.41) is 1.57. The number of hydrogen-bond donors (Lipinski definition) is 0. The van der Waals surface area contributed by atoms with E-state index in [2.05, 4.69) is 62.9 Å². The van der Waals surface area contributed by atoms with Crippen LogP contribution in [0.4, 0.5) is 0 Å². The fraction of sp³-hybridized carbons (Fsp3) is 0.250. The number of rotatable bonds is 1. The average molecular weight is 238 g/mol. The van der Waals surface area contributed by atoms with Gasteiger partial charge in [-0.1, -0.05) is 68.0 Å². The Morgan fingerprint density at radius 1 is 0.882 bits per heavy atom. The summed E-state index contributed by atoms with van der Waals surface area (Å²) in [6, 6.07) is 15.9. The summed E-state index contributed by atoms with van der Waals surface area (Å²) in [6.07, 6.45) is 0. The first-order valence-electron chi connectivity index (χ1n) is 6.38. The second-order valence-corrected chi connectivity index (χ2v) is 6.93. The van der Waals surface area contributed by atoms with Crippen LogP contribution in [0.3, 0.4) is 0 Å². The second-order valence-electron chi connectivity index (χ2n) is 5.40. The van der Waals surface area contributed by atoms with Crippen LogP contribution < -0.4 is 5.19 Å². The van der Waals surface area contributed by atoms with Crippen molar-refractivity contribution in [2.45, 2.75) is 25.8 Å². The van der Waals surface area contributed by atoms with Crippen LogP contribution in [0.15, 0.2) is 42.5 Å². The molecule has 1 aliphatic rings. The maximum Gasteiger partial charge on any atom is 0.0517 e. The summed E-state index contributed by atoms with van der Waals surface area (Å²) in [5.74, 6) is 0. The zero-order chi connectivity index (χ0) is 12.0. The molecule has 0 bridgehead atoms. The smallest absolute Gasteiger partial charge is 0.0517 e. The first kappa shape index (κ1) is 10.8. The van der Waals surface area contributed by atoms with Gasteiger partial charge in [0.05, 0.1) is 9.52 Å². The Bertz CT molecular complexity index is 582. The highest BCUT2D eigenvalue weighted by Gasteiger charge is 2.34. The van der Waals surface area contributed by atoms with Crippen LogP contribution in [-0.4, -0.2) is 9.52 Å². The summed E-state index contributed by atoms with van der Waals surface area (Å²) in [5.41, 5.74) is 6.04. The van der Waals surface area contributed by atoms with Crippen molar-refractivity contribution in [1.82, 2.24) is 0 Å². The molecule has 0 aliphatic heterocycles. The molecule has 1 aliphatic carbocycles. The van der Waals surface area contributed by atoms with Gasteiger partial charge in [0, 0.05) is 5.41 Å². The molecule has 0 fully saturated rings. The minimum atomic E-state index is -0.0616. The van der Waals surface area contributed by atoms with E-state index in [1.54, 1.807) is 5.19 Å². The molecule has 0 saturated carbocycles. The molecule has 2 aromatic rings. The van der Waals surface area contributed by atoms with Gasteiger partial charge in [0.1, 0.15) is 0 Å². The normalized spacial score (nSPS) is 16.2. The van der Waals surface area contributed by atoms with Gasteiger partial charge in [0.2, 0.25) is 0 Å². The Labute approximate surface area is 106 Å². The number of hydrogen-bond acceptors (Lipinski definition) is 0. The minimum Gasteiger partial charge on any atom is -0.0708 e. The summed E-state index contributed by atoms with van der Waals surface area (Å²) >= 11 is 0. The summed E-state index contributed by atoms with van der Waals surface area (Å²) in [7, 11) is -0.0616. The van der Waals surface area contributed by atoms with Crippen molar-refractivity contribution in [1.29, 1.82) is 0 Å². The van der Waals surface area contributed by atoms with E-state index in [-0.39, 0.29) is 14.9 Å². The minimum absolute atomic E-state index is 0.0616. The third-order valence-electron chi connectivity index (χ3n) is 4.06. The molecule has 2 aromatic carbocycles. The van der Waals surface area contributed by atoms with E-state index in [1.165, 1.54) is 22.3 Å². The summed E-state index contributed by atoms with van der Waals surface area (Å²) in [4.78, 5) is 0. The molecule has 1 heteroatoms. The molecule has 0 N–H and O–H groups in total. The maximum absolute atomic E-state index is 2.45. The highest BCUT2D eigenvalue weighted by molar-refractivity contribution is 6.52. The van der Waals surface area contributed by atoms with Crippen molar-refractivity contribution in [3.05, 3.63) is 53.6 Å². The fourth-order valence-electron chi connectivity index (χ4n) is 2.97. The zero-order valence-electron chi connectivity index (χ0n) is 10.7. The van der Waals surface area contributed by atoms with Gasteiger partial charge in [0.25, 0.3) is 0 Å². The van der Waals surface area contributed by atoms with Crippen LogP contribution in [0, 0.1) is 0 Å². The van der Waals surface area contributed by atoms with Gasteiger partial charge in [-0.3, -0.25) is 0 Å². The zero-order valence-corrected chi connectivity index (χ0v) is 12.2. The lowest BCUT2D eigenvalue weighted by molar-refractivity contribution is 0.661. The van der Waals surface area contributed by atoms with Crippen molar-refractivity contribution in [2.75, 3.05) is 0 Å². The Kier molecular flexibility index (Phi) is 2.27. The molecule has 0 spiro atoms. The van der Waals surface area contributed by atoms with Crippen LogP contribution in [0.5, 0.6) is 0 Å². The molecule has 0 aromatic heterocycles. The summed E-state index contributed by atoms with van der Waals surface area (Å²) < 4.78 is 0. The van der Waals surface area contributed by atoms with Gasteiger partial charge in [-0.05, 0) is 22.3 Å². The third kappa shape index (κ3) is 1.42. The molecular formula is C16H18Si. The van der Waals surface area contributed by atoms with E-state index in [1.807, 2.05) is 0 Å². The highest BCUT2D eigenvalue weighted by Crippen LogP contribution is 2.47. The molecule has 0 radical (unpaired) electrons. The number of benzene rings is 2. The SMILES string of the molecule is C[SiH2]c1ccc2c(c1)C(C)(C)c1ccccc1-2. The van der Waals surface area contributed by atoms with Crippen LogP contribution in [0.1, 0.15) is 25.0 Å². The van der Waals surface area contributed by atoms with Gasteiger partial charge in [-0.2, -0.15) is 0 Å². The Hall–Kier alpha value is -1.34. The van der Waals surface area contributed by atoms with E-state index in [0.717, 1.165) is 0 Å². The largest absolute Gasteiger partial charge is 0.0708 e. The Morgan fingerprint density at radius 3 is 2.35 bits per heavy atom. The van der Waals surface area contributed by atoms with Crippen molar-refractivity contribution in [3.63, 3.8) is 0 Å². The van der Waals surface area contributed by atoms with Gasteiger partial charge in [-0.25, -0.2) is 0 Å². The summed E-state index contributed by atoms with van der Waals surface area (Å²) in [6.45, 7) is 7.05. The van der Waals surface area contributed by atoms with Crippen molar-refractivity contribution in [3.8, 4) is 11.1 Å². The monoisotopic (exact) mass is 238 g/mol. The van der Waals surface area contributed by atoms with Gasteiger partial charge in [-0.15, -0.1) is 0 Å². The van der Waals surface area contributed by atoms with Crippen molar-refractivity contribution in [2.24, 2.45) is 0 Å². The molecule has 0 heterocycles. The molecule has 86 valence electrons. The predicted molar refractivity (Wildman–Crippen MR) is 78.0 cm³/mol. The molecule has 0 amide bonds. The van der Waals surface area contributed by atoms with E-state index >= 15 is 0 Å². The Morgan fingerprint density at radius 2 is 1.59 bits per heavy atom. The van der Waals surface area contributed by atoms with Gasteiger partial charge >= 0.3 is 0 Å². The van der Waals surface area contributed by atoms with E-state index in [9.17, 15) is 0 Å². The van der Waals surface area contributed by atoms with Crippen LogP contribution in [-0.2, 0) is 5.41 Å². The molecular weight excluding hydrogens is 220 g/mol. The molecule has 0 atom stereocenters. The lowest BCUT2D eigenvalue weighted by atomic mass is 9.82.